The van der Waals surface area contributed by atoms with Crippen molar-refractivity contribution in [3.8, 4) is 5.75 Å². The summed E-state index contributed by atoms with van der Waals surface area (Å²) in [7, 11) is 0. The van der Waals surface area contributed by atoms with Crippen LogP contribution in [0.4, 0.5) is 13.2 Å². The highest BCUT2D eigenvalue weighted by Crippen LogP contribution is 2.26. The first-order valence-electron chi connectivity index (χ1n) is 5.72. The van der Waals surface area contributed by atoms with Crippen LogP contribution in [-0.2, 0) is 0 Å². The summed E-state index contributed by atoms with van der Waals surface area (Å²) >= 11 is 2.19. The maximum absolute atomic E-state index is 12.1. The molecule has 20 heavy (non-hydrogen) atoms. The van der Waals surface area contributed by atoms with Crippen molar-refractivity contribution < 1.29 is 17.9 Å². The third-order valence-corrected chi connectivity index (χ3v) is 3.42. The van der Waals surface area contributed by atoms with Gasteiger partial charge in [-0.1, -0.05) is 24.3 Å². The van der Waals surface area contributed by atoms with E-state index in [4.69, 9.17) is 5.73 Å². The van der Waals surface area contributed by atoms with Crippen molar-refractivity contribution in [3.63, 3.8) is 0 Å². The van der Waals surface area contributed by atoms with Gasteiger partial charge in [0.1, 0.15) is 5.75 Å². The predicted molar refractivity (Wildman–Crippen MR) is 78.3 cm³/mol. The lowest BCUT2D eigenvalue weighted by molar-refractivity contribution is -0.274. The molecule has 2 aromatic rings. The molecule has 0 spiro atoms. The van der Waals surface area contributed by atoms with E-state index in [2.05, 4.69) is 27.3 Å². The fourth-order valence-electron chi connectivity index (χ4n) is 1.74. The molecule has 0 saturated carbocycles. The molecule has 2 aromatic carbocycles. The molecule has 0 aromatic heterocycles. The van der Waals surface area contributed by atoms with Gasteiger partial charge < -0.3 is 10.5 Å². The van der Waals surface area contributed by atoms with Crippen LogP contribution in [0.25, 0.3) is 0 Å². The lowest BCUT2D eigenvalue weighted by Gasteiger charge is -2.14. The Bertz CT molecular complexity index is 566. The fourth-order valence-corrected chi connectivity index (χ4v) is 2.10. The summed E-state index contributed by atoms with van der Waals surface area (Å²) in [4.78, 5) is 0. The van der Waals surface area contributed by atoms with Crippen LogP contribution in [0.3, 0.4) is 0 Å². The lowest BCUT2D eigenvalue weighted by atomic mass is 10.00. The van der Waals surface area contributed by atoms with Crippen LogP contribution in [0.5, 0.6) is 5.75 Å². The summed E-state index contributed by atoms with van der Waals surface area (Å²) in [5, 5.41) is 0. The molecule has 0 bridgehead atoms. The third kappa shape index (κ3) is 4.11. The van der Waals surface area contributed by atoms with Gasteiger partial charge in [-0.2, -0.15) is 0 Å². The van der Waals surface area contributed by atoms with E-state index in [0.29, 0.717) is 0 Å². The summed E-state index contributed by atoms with van der Waals surface area (Å²) < 4.78 is 41.1. The van der Waals surface area contributed by atoms with Crippen molar-refractivity contribution in [3.05, 3.63) is 63.2 Å². The molecule has 0 unspecified atom stereocenters. The molecule has 1 atom stereocenters. The number of halogens is 4. The Morgan fingerprint density at radius 3 is 1.80 bits per heavy atom. The average molecular weight is 393 g/mol. The van der Waals surface area contributed by atoms with Crippen molar-refractivity contribution in [1.82, 2.24) is 0 Å². The number of alkyl halides is 3. The van der Waals surface area contributed by atoms with Crippen LogP contribution in [0.15, 0.2) is 48.5 Å². The van der Waals surface area contributed by atoms with Crippen LogP contribution in [0, 0.1) is 3.57 Å². The van der Waals surface area contributed by atoms with Crippen molar-refractivity contribution in [2.24, 2.45) is 5.73 Å². The standard InChI is InChI=1S/C14H11F3INO/c15-14(16,17)20-12-7-3-10(4-8-12)13(19)9-1-5-11(18)6-2-9/h1-8,13H,19H2/t13-/m1/s1. The molecule has 0 radical (unpaired) electrons. The first-order valence-corrected chi connectivity index (χ1v) is 6.80. The highest BCUT2D eigenvalue weighted by atomic mass is 127. The zero-order chi connectivity index (χ0) is 14.8. The molecule has 0 amide bonds. The van der Waals surface area contributed by atoms with E-state index in [0.717, 1.165) is 14.7 Å². The second kappa shape index (κ2) is 6.01. The van der Waals surface area contributed by atoms with Crippen molar-refractivity contribution in [2.45, 2.75) is 12.4 Å². The molecule has 2 rings (SSSR count). The molecular weight excluding hydrogens is 382 g/mol. The molecule has 0 aliphatic rings. The highest BCUT2D eigenvalue weighted by molar-refractivity contribution is 14.1. The Kier molecular flexibility index (Phi) is 4.54. The van der Waals surface area contributed by atoms with Gasteiger partial charge in [0.25, 0.3) is 0 Å². The van der Waals surface area contributed by atoms with Crippen LogP contribution in [0.2, 0.25) is 0 Å². The van der Waals surface area contributed by atoms with Gasteiger partial charge in [0.05, 0.1) is 6.04 Å². The van der Waals surface area contributed by atoms with Gasteiger partial charge in [-0.05, 0) is 58.0 Å². The number of hydrogen-bond donors (Lipinski definition) is 1. The van der Waals surface area contributed by atoms with Crippen LogP contribution < -0.4 is 10.5 Å². The van der Waals surface area contributed by atoms with Crippen LogP contribution >= 0.6 is 22.6 Å². The van der Waals surface area contributed by atoms with E-state index >= 15 is 0 Å². The zero-order valence-electron chi connectivity index (χ0n) is 10.2. The summed E-state index contributed by atoms with van der Waals surface area (Å²) in [5.74, 6) is -0.254. The predicted octanol–water partition coefficient (Wildman–Crippen LogP) is 4.24. The van der Waals surface area contributed by atoms with Gasteiger partial charge in [0, 0.05) is 3.57 Å². The van der Waals surface area contributed by atoms with E-state index in [1.807, 2.05) is 24.3 Å². The van der Waals surface area contributed by atoms with E-state index in [1.54, 1.807) is 0 Å². The van der Waals surface area contributed by atoms with E-state index < -0.39 is 6.36 Å². The second-order valence-corrected chi connectivity index (χ2v) is 5.39. The first-order chi connectivity index (χ1) is 9.35. The van der Waals surface area contributed by atoms with Crippen molar-refractivity contribution >= 4 is 22.6 Å². The van der Waals surface area contributed by atoms with Gasteiger partial charge in [-0.25, -0.2) is 0 Å². The molecule has 0 heterocycles. The van der Waals surface area contributed by atoms with Gasteiger partial charge in [0.15, 0.2) is 0 Å². The van der Waals surface area contributed by atoms with Crippen LogP contribution in [0.1, 0.15) is 17.2 Å². The smallest absolute Gasteiger partial charge is 0.406 e. The minimum absolute atomic E-state index is 0.254. The molecule has 0 aliphatic heterocycles. The van der Waals surface area contributed by atoms with E-state index in [9.17, 15) is 13.2 Å². The largest absolute Gasteiger partial charge is 0.573 e. The Morgan fingerprint density at radius 2 is 1.35 bits per heavy atom. The average Bonchev–Trinajstić information content (AvgIpc) is 2.38. The summed E-state index contributed by atoms with van der Waals surface area (Å²) in [5.41, 5.74) is 7.70. The van der Waals surface area contributed by atoms with Gasteiger partial charge in [0.2, 0.25) is 0 Å². The molecule has 0 saturated heterocycles. The highest BCUT2D eigenvalue weighted by Gasteiger charge is 2.31. The number of ether oxygens (including phenoxy) is 1. The fraction of sp³-hybridized carbons (Fsp3) is 0.143. The summed E-state index contributed by atoms with van der Waals surface area (Å²) in [6.45, 7) is 0. The Balaban J connectivity index is 2.15. The summed E-state index contributed by atoms with van der Waals surface area (Å²) in [6.07, 6.45) is -4.68. The van der Waals surface area contributed by atoms with Crippen molar-refractivity contribution in [1.29, 1.82) is 0 Å². The van der Waals surface area contributed by atoms with Gasteiger partial charge >= 0.3 is 6.36 Å². The number of hydrogen-bond acceptors (Lipinski definition) is 2. The molecular formula is C14H11F3INO. The zero-order valence-corrected chi connectivity index (χ0v) is 12.4. The SMILES string of the molecule is N[C@H](c1ccc(I)cc1)c1ccc(OC(F)(F)F)cc1. The number of benzene rings is 2. The van der Waals surface area contributed by atoms with Gasteiger partial charge in [-0.3, -0.25) is 0 Å². The quantitative estimate of drug-likeness (QED) is 0.793. The normalized spacial score (nSPS) is 13.1. The number of rotatable bonds is 3. The minimum atomic E-state index is -4.68. The van der Waals surface area contributed by atoms with Crippen molar-refractivity contribution in [2.75, 3.05) is 0 Å². The van der Waals surface area contributed by atoms with E-state index in [1.165, 1.54) is 24.3 Å². The molecule has 2 N–H and O–H groups in total. The Hall–Kier alpha value is -1.28. The molecule has 0 aliphatic carbocycles. The maximum atomic E-state index is 12.1. The Morgan fingerprint density at radius 1 is 0.900 bits per heavy atom. The minimum Gasteiger partial charge on any atom is -0.406 e. The summed E-state index contributed by atoms with van der Waals surface area (Å²) in [6, 6.07) is 12.8. The Labute approximate surface area is 127 Å². The third-order valence-electron chi connectivity index (χ3n) is 2.70. The second-order valence-electron chi connectivity index (χ2n) is 4.15. The topological polar surface area (TPSA) is 35.2 Å². The number of nitrogens with two attached hydrogens (primary N) is 1. The first kappa shape index (κ1) is 15.1. The van der Waals surface area contributed by atoms with Gasteiger partial charge in [-0.15, -0.1) is 13.2 Å². The lowest BCUT2D eigenvalue weighted by Crippen LogP contribution is -2.17. The molecule has 106 valence electrons. The van der Waals surface area contributed by atoms with E-state index in [-0.39, 0.29) is 11.8 Å². The monoisotopic (exact) mass is 393 g/mol. The molecule has 6 heteroatoms. The molecule has 2 nitrogen and oxygen atoms in total. The van der Waals surface area contributed by atoms with Crippen LogP contribution in [-0.4, -0.2) is 6.36 Å². The maximum Gasteiger partial charge on any atom is 0.573 e. The molecule has 0 fully saturated rings.